The molecule has 148 valence electrons. The van der Waals surface area contributed by atoms with Crippen LogP contribution in [0.4, 0.5) is 5.69 Å². The van der Waals surface area contributed by atoms with Crippen molar-refractivity contribution in [3.63, 3.8) is 0 Å². The van der Waals surface area contributed by atoms with Crippen LogP contribution in [0, 0.1) is 0 Å². The van der Waals surface area contributed by atoms with E-state index in [1.807, 2.05) is 18.2 Å². The van der Waals surface area contributed by atoms with Gasteiger partial charge in [-0.3, -0.25) is 4.79 Å². The lowest BCUT2D eigenvalue weighted by molar-refractivity contribution is 0.0602. The molecule has 0 aliphatic rings. The number of aliphatic hydroxyl groups is 1. The number of aliphatic hydroxyl groups excluding tert-OH is 1. The smallest absolute Gasteiger partial charge is 0.339 e. The van der Waals surface area contributed by atoms with E-state index in [4.69, 9.17) is 27.9 Å². The fourth-order valence-electron chi connectivity index (χ4n) is 2.82. The van der Waals surface area contributed by atoms with E-state index in [9.17, 15) is 14.7 Å². The van der Waals surface area contributed by atoms with Crippen molar-refractivity contribution in [3.8, 4) is 11.1 Å². The average Bonchev–Trinajstić information content (AvgIpc) is 2.73. The highest BCUT2D eigenvalue weighted by molar-refractivity contribution is 6.37. The Morgan fingerprint density at radius 1 is 0.966 bits per heavy atom. The summed E-state index contributed by atoms with van der Waals surface area (Å²) in [4.78, 5) is 24.9. The number of amides is 1. The van der Waals surface area contributed by atoms with E-state index in [0.29, 0.717) is 5.02 Å². The molecule has 0 radical (unpaired) electrons. The molecule has 0 aliphatic heterocycles. The van der Waals surface area contributed by atoms with E-state index < -0.39 is 11.9 Å². The topological polar surface area (TPSA) is 75.6 Å². The molecule has 0 aromatic heterocycles. The fourth-order valence-corrected chi connectivity index (χ4v) is 3.32. The molecule has 3 aromatic carbocycles. The number of nitrogens with one attached hydrogen (secondary N) is 1. The largest absolute Gasteiger partial charge is 0.465 e. The van der Waals surface area contributed by atoms with Gasteiger partial charge in [-0.25, -0.2) is 4.79 Å². The number of rotatable bonds is 5. The molecule has 1 amide bonds. The Morgan fingerprint density at radius 3 is 2.41 bits per heavy atom. The second-order valence-corrected chi connectivity index (χ2v) is 7.03. The SMILES string of the molecule is COC(=O)c1cc(-c2cccc(CO)c2)ccc1NC(=O)c1ccc(Cl)cc1Cl. The first kappa shape index (κ1) is 20.9. The number of esters is 1. The molecule has 0 fully saturated rings. The molecular formula is C22H17Cl2NO4. The predicted octanol–water partition coefficient (Wildman–Crippen LogP) is 5.19. The van der Waals surface area contributed by atoms with Crippen molar-refractivity contribution in [2.45, 2.75) is 6.61 Å². The number of hydrogen-bond acceptors (Lipinski definition) is 4. The van der Waals surface area contributed by atoms with Gasteiger partial charge in [0, 0.05) is 5.02 Å². The third-order valence-electron chi connectivity index (χ3n) is 4.29. The van der Waals surface area contributed by atoms with E-state index in [1.54, 1.807) is 30.3 Å². The van der Waals surface area contributed by atoms with Crippen LogP contribution in [0.1, 0.15) is 26.3 Å². The van der Waals surface area contributed by atoms with Gasteiger partial charge in [-0.15, -0.1) is 0 Å². The van der Waals surface area contributed by atoms with Crippen molar-refractivity contribution in [2.75, 3.05) is 12.4 Å². The lowest BCUT2D eigenvalue weighted by Gasteiger charge is -2.13. The zero-order valence-electron chi connectivity index (χ0n) is 15.4. The summed E-state index contributed by atoms with van der Waals surface area (Å²) in [6.07, 6.45) is 0. The van der Waals surface area contributed by atoms with Crippen LogP contribution in [0.3, 0.4) is 0 Å². The van der Waals surface area contributed by atoms with E-state index in [-0.39, 0.29) is 28.4 Å². The zero-order chi connectivity index (χ0) is 21.0. The summed E-state index contributed by atoms with van der Waals surface area (Å²) >= 11 is 12.0. The summed E-state index contributed by atoms with van der Waals surface area (Å²) in [5, 5.41) is 12.7. The van der Waals surface area contributed by atoms with Crippen LogP contribution in [0.5, 0.6) is 0 Å². The maximum Gasteiger partial charge on any atom is 0.339 e. The number of benzene rings is 3. The summed E-state index contributed by atoms with van der Waals surface area (Å²) in [6, 6.07) is 16.8. The molecule has 7 heteroatoms. The molecule has 3 aromatic rings. The Kier molecular flexibility index (Phi) is 6.54. The maximum absolute atomic E-state index is 12.6. The summed E-state index contributed by atoms with van der Waals surface area (Å²) < 4.78 is 4.87. The lowest BCUT2D eigenvalue weighted by atomic mass is 10.00. The van der Waals surface area contributed by atoms with Gasteiger partial charge < -0.3 is 15.2 Å². The lowest BCUT2D eigenvalue weighted by Crippen LogP contribution is -2.16. The second-order valence-electron chi connectivity index (χ2n) is 6.19. The van der Waals surface area contributed by atoms with Crippen molar-refractivity contribution >= 4 is 40.8 Å². The molecule has 0 atom stereocenters. The third kappa shape index (κ3) is 4.77. The van der Waals surface area contributed by atoms with Crippen molar-refractivity contribution in [2.24, 2.45) is 0 Å². The molecule has 0 saturated carbocycles. The van der Waals surface area contributed by atoms with Crippen molar-refractivity contribution in [1.82, 2.24) is 0 Å². The van der Waals surface area contributed by atoms with Crippen LogP contribution in [-0.2, 0) is 11.3 Å². The Hall–Kier alpha value is -2.86. The average molecular weight is 430 g/mol. The fraction of sp³-hybridized carbons (Fsp3) is 0.0909. The molecule has 0 spiro atoms. The Bertz CT molecular complexity index is 1080. The van der Waals surface area contributed by atoms with E-state index in [2.05, 4.69) is 5.32 Å². The van der Waals surface area contributed by atoms with Gasteiger partial charge in [0.25, 0.3) is 5.91 Å². The highest BCUT2D eigenvalue weighted by atomic mass is 35.5. The molecule has 0 unspecified atom stereocenters. The van der Waals surface area contributed by atoms with E-state index >= 15 is 0 Å². The maximum atomic E-state index is 12.6. The number of hydrogen-bond donors (Lipinski definition) is 2. The molecule has 2 N–H and O–H groups in total. The van der Waals surface area contributed by atoms with Gasteiger partial charge in [-0.1, -0.05) is 47.5 Å². The van der Waals surface area contributed by atoms with E-state index in [0.717, 1.165) is 16.7 Å². The second kappa shape index (κ2) is 9.09. The Morgan fingerprint density at radius 2 is 1.72 bits per heavy atom. The van der Waals surface area contributed by atoms with Gasteiger partial charge in [0.05, 0.1) is 35.6 Å². The van der Waals surface area contributed by atoms with Gasteiger partial charge in [-0.2, -0.15) is 0 Å². The van der Waals surface area contributed by atoms with Gasteiger partial charge in [-0.05, 0) is 53.1 Å². The molecule has 3 rings (SSSR count). The van der Waals surface area contributed by atoms with E-state index in [1.165, 1.54) is 19.2 Å². The molecular weight excluding hydrogens is 413 g/mol. The molecule has 29 heavy (non-hydrogen) atoms. The van der Waals surface area contributed by atoms with Gasteiger partial charge in [0.15, 0.2) is 0 Å². The molecule has 0 heterocycles. The highest BCUT2D eigenvalue weighted by Gasteiger charge is 2.18. The number of carbonyl (C=O) groups is 2. The molecule has 0 saturated heterocycles. The third-order valence-corrected chi connectivity index (χ3v) is 4.84. The minimum Gasteiger partial charge on any atom is -0.465 e. The Balaban J connectivity index is 1.98. The highest BCUT2D eigenvalue weighted by Crippen LogP contribution is 2.28. The first-order chi connectivity index (χ1) is 13.9. The van der Waals surface area contributed by atoms with Crippen LogP contribution >= 0.6 is 23.2 Å². The minimum atomic E-state index is -0.595. The van der Waals surface area contributed by atoms with Gasteiger partial charge in [0.2, 0.25) is 0 Å². The molecule has 5 nitrogen and oxygen atoms in total. The minimum absolute atomic E-state index is 0.0896. The van der Waals surface area contributed by atoms with Gasteiger partial charge in [0.1, 0.15) is 0 Å². The number of methoxy groups -OCH3 is 1. The number of halogens is 2. The van der Waals surface area contributed by atoms with Crippen molar-refractivity contribution < 1.29 is 19.4 Å². The zero-order valence-corrected chi connectivity index (χ0v) is 16.9. The number of anilines is 1. The summed E-state index contributed by atoms with van der Waals surface area (Å²) in [6.45, 7) is -0.0896. The number of carbonyl (C=O) groups excluding carboxylic acids is 2. The summed E-state index contributed by atoms with van der Waals surface area (Å²) in [5.74, 6) is -1.07. The number of ether oxygens (including phenoxy) is 1. The first-order valence-electron chi connectivity index (χ1n) is 8.62. The van der Waals surface area contributed by atoms with Crippen molar-refractivity contribution in [3.05, 3.63) is 87.4 Å². The Labute approximate surface area is 177 Å². The van der Waals surface area contributed by atoms with Crippen LogP contribution in [0.15, 0.2) is 60.7 Å². The summed E-state index contributed by atoms with van der Waals surface area (Å²) in [5.41, 5.74) is 3.01. The van der Waals surface area contributed by atoms with Crippen LogP contribution in [0.2, 0.25) is 10.0 Å². The quantitative estimate of drug-likeness (QED) is 0.547. The predicted molar refractivity (Wildman–Crippen MR) is 114 cm³/mol. The molecule has 0 bridgehead atoms. The standard InChI is InChI=1S/C22H17Cl2NO4/c1-29-22(28)18-10-15(14-4-2-3-13(9-14)12-26)5-8-20(18)25-21(27)17-7-6-16(23)11-19(17)24/h2-11,26H,12H2,1H3,(H,25,27). The monoisotopic (exact) mass is 429 g/mol. The van der Waals surface area contributed by atoms with Crippen LogP contribution in [-0.4, -0.2) is 24.1 Å². The summed E-state index contributed by atoms with van der Waals surface area (Å²) in [7, 11) is 1.27. The first-order valence-corrected chi connectivity index (χ1v) is 9.37. The normalized spacial score (nSPS) is 10.5. The van der Waals surface area contributed by atoms with Gasteiger partial charge >= 0.3 is 5.97 Å². The van der Waals surface area contributed by atoms with Crippen LogP contribution < -0.4 is 5.32 Å². The molecule has 0 aliphatic carbocycles. The van der Waals surface area contributed by atoms with Crippen molar-refractivity contribution in [1.29, 1.82) is 0 Å². The van der Waals surface area contributed by atoms with Crippen LogP contribution in [0.25, 0.3) is 11.1 Å².